The molecule has 1 heterocycles. The highest BCUT2D eigenvalue weighted by Crippen LogP contribution is 1.40. The van der Waals surface area contributed by atoms with E-state index in [-0.39, 0.29) is 30.3 Å². The van der Waals surface area contributed by atoms with Crippen molar-refractivity contribution in [2.24, 2.45) is 0 Å². The normalized spacial score (nSPS) is 16.0. The Kier molecular flexibility index (Phi) is 20.3. The van der Waals surface area contributed by atoms with Gasteiger partial charge >= 0.3 is 0 Å². The van der Waals surface area contributed by atoms with E-state index in [1.165, 1.54) is 26.2 Å². The molecule has 9 heavy (non-hydrogen) atoms. The van der Waals surface area contributed by atoms with Gasteiger partial charge in [-0.25, -0.2) is 0 Å². The van der Waals surface area contributed by atoms with Crippen molar-refractivity contribution in [2.45, 2.75) is 0 Å². The zero-order valence-corrected chi connectivity index (χ0v) is 6.75. The average Bonchev–Trinajstić information content (AvgIpc) is 1.72. The lowest BCUT2D eigenvalue weighted by atomic mass is 10.4. The van der Waals surface area contributed by atoms with Gasteiger partial charge in [0, 0.05) is 0 Å². The van der Waals surface area contributed by atoms with Crippen molar-refractivity contribution in [2.75, 3.05) is 26.2 Å². The summed E-state index contributed by atoms with van der Waals surface area (Å²) in [5.74, 6) is 0. The highest BCUT2D eigenvalue weighted by Gasteiger charge is 1.99. The first-order valence-electron chi connectivity index (χ1n) is 2.63. The van der Waals surface area contributed by atoms with Crippen LogP contribution in [0.3, 0.4) is 0 Å². The van der Waals surface area contributed by atoms with Gasteiger partial charge in [0.25, 0.3) is 0 Å². The monoisotopic (exact) mass is 176 g/mol. The third kappa shape index (κ3) is 8.46. The summed E-state index contributed by atoms with van der Waals surface area (Å²) in [4.78, 5) is 0. The second-order valence-electron chi connectivity index (χ2n) is 1.73. The zero-order valence-electron chi connectivity index (χ0n) is 5.24. The molecule has 6 N–H and O–H groups in total. The third-order valence-electron chi connectivity index (χ3n) is 1.15. The summed E-state index contributed by atoms with van der Waals surface area (Å²) in [7, 11) is 0. The fraction of sp³-hybridized carbons (Fsp3) is 1.00. The van der Waals surface area contributed by atoms with Gasteiger partial charge in [-0.05, 0) is 0 Å². The Hall–Kier alpha value is 0.460. The van der Waals surface area contributed by atoms with Gasteiger partial charge in [-0.1, -0.05) is 0 Å². The molecule has 1 rings (SSSR count). The van der Waals surface area contributed by atoms with Crippen LogP contribution in [-0.4, -0.2) is 31.7 Å². The van der Waals surface area contributed by atoms with E-state index >= 15 is 0 Å². The second-order valence-corrected chi connectivity index (χ2v) is 1.73. The van der Waals surface area contributed by atoms with Crippen LogP contribution in [0.25, 0.3) is 0 Å². The van der Waals surface area contributed by atoms with Crippen molar-refractivity contribution in [3.8, 4) is 0 Å². The molecule has 0 aromatic rings. The molecule has 3 nitrogen and oxygen atoms in total. The number of nitrogens with two attached hydrogens (primary N) is 2. The van der Waals surface area contributed by atoms with E-state index in [9.17, 15) is 0 Å². The summed E-state index contributed by atoms with van der Waals surface area (Å²) in [6.07, 6.45) is 0. The van der Waals surface area contributed by atoms with Crippen LogP contribution in [0.1, 0.15) is 0 Å². The highest BCUT2D eigenvalue weighted by molar-refractivity contribution is 4.23. The van der Waals surface area contributed by atoms with E-state index in [0.717, 1.165) is 0 Å². The minimum atomic E-state index is 0. The summed E-state index contributed by atoms with van der Waals surface area (Å²) in [6, 6.07) is 0. The number of piperazine rings is 1. The zero-order chi connectivity index (χ0) is 4.24. The van der Waals surface area contributed by atoms with Crippen LogP contribution in [0.5, 0.6) is 0 Å². The van der Waals surface area contributed by atoms with E-state index in [0.29, 0.717) is 0 Å². The van der Waals surface area contributed by atoms with Crippen LogP contribution in [0.4, 0.5) is 0 Å². The first kappa shape index (κ1) is 16.2. The predicted octanol–water partition coefficient (Wildman–Crippen LogP) is -9.69. The van der Waals surface area contributed by atoms with E-state index in [2.05, 4.69) is 10.6 Å². The lowest BCUT2D eigenvalue weighted by Gasteiger charge is -2.04. The van der Waals surface area contributed by atoms with Gasteiger partial charge in [0.15, 0.2) is 0 Å². The fourth-order valence-electron chi connectivity index (χ4n) is 0.760. The average molecular weight is 177 g/mol. The molecule has 0 aliphatic carbocycles. The topological polar surface area (TPSA) is 64.7 Å². The molecule has 0 spiro atoms. The van der Waals surface area contributed by atoms with Crippen LogP contribution in [0.15, 0.2) is 0 Å². The predicted molar refractivity (Wildman–Crippen MR) is 26.9 cm³/mol. The molecule has 1 fully saturated rings. The van der Waals surface area contributed by atoms with Gasteiger partial charge in [0.05, 0.1) is 0 Å². The Bertz CT molecular complexity index is 32.0. The molecule has 0 aromatic carbocycles. The lowest BCUT2D eigenvalue weighted by Crippen LogP contribution is -3.04. The van der Waals surface area contributed by atoms with E-state index < -0.39 is 0 Å². The molecule has 0 unspecified atom stereocenters. The molecule has 0 amide bonds. The maximum absolute atomic E-state index is 2.36. The smallest absolute Gasteiger partial charge is 0.125 e. The van der Waals surface area contributed by atoms with Crippen LogP contribution in [0.2, 0.25) is 0 Å². The summed E-state index contributed by atoms with van der Waals surface area (Å²) < 4.78 is 0. The van der Waals surface area contributed by atoms with Crippen LogP contribution in [-0.2, 0) is 0 Å². The van der Waals surface area contributed by atoms with Crippen molar-refractivity contribution in [3.63, 3.8) is 0 Å². The van der Waals surface area contributed by atoms with Crippen LogP contribution < -0.4 is 35.4 Å². The molecule has 1 saturated heterocycles. The van der Waals surface area contributed by atoms with Gasteiger partial charge in [0.1, 0.15) is 26.2 Å². The Balaban J connectivity index is -0.000000120. The number of hydrogen-bond acceptors (Lipinski definition) is 0. The molecule has 0 saturated carbocycles. The quantitative estimate of drug-likeness (QED) is 0.369. The summed E-state index contributed by atoms with van der Waals surface area (Å²) in [5, 5.41) is 4.72. The maximum atomic E-state index is 2.36. The molecule has 60 valence electrons. The molecule has 0 atom stereocenters. The fourth-order valence-corrected chi connectivity index (χ4v) is 0.760. The first-order valence-corrected chi connectivity index (χ1v) is 2.63. The molecule has 1 aliphatic rings. The highest BCUT2D eigenvalue weighted by atomic mass is 35.5. The molecule has 5 heteroatoms. The standard InChI is InChI=1S/C4H10N2.2ClH.H2O/c1-2-6-4-3-5-1;;;/h5-6H,1-4H2;2*1H;1H2. The van der Waals surface area contributed by atoms with Crippen LogP contribution in [0, 0.1) is 0 Å². The van der Waals surface area contributed by atoms with Gasteiger partial charge in [0.2, 0.25) is 0 Å². The number of halogens is 2. The van der Waals surface area contributed by atoms with E-state index in [4.69, 9.17) is 0 Å². The molecule has 0 bridgehead atoms. The Morgan fingerprint density at radius 3 is 1.00 bits per heavy atom. The SMILES string of the molecule is C1C[NH2+]CC[NH2+]1.O.[Cl-].[Cl-]. The second kappa shape index (κ2) is 11.3. The number of hydrogen-bond donors (Lipinski definition) is 2. The van der Waals surface area contributed by atoms with Crippen LogP contribution >= 0.6 is 0 Å². The molecular formula is C4H14Cl2N2O. The number of rotatable bonds is 0. The minimum Gasteiger partial charge on any atom is -1.00 e. The molecule has 0 radical (unpaired) electrons. The van der Waals surface area contributed by atoms with E-state index in [1.807, 2.05) is 0 Å². The van der Waals surface area contributed by atoms with Crippen molar-refractivity contribution in [1.29, 1.82) is 0 Å². The molecule has 1 aliphatic heterocycles. The molecular weight excluding hydrogens is 163 g/mol. The Morgan fingerprint density at radius 1 is 0.667 bits per heavy atom. The lowest BCUT2D eigenvalue weighted by molar-refractivity contribution is -0.787. The van der Waals surface area contributed by atoms with Crippen molar-refractivity contribution >= 4 is 0 Å². The van der Waals surface area contributed by atoms with Gasteiger partial charge in [-0.15, -0.1) is 0 Å². The van der Waals surface area contributed by atoms with Gasteiger partial charge in [-0.2, -0.15) is 0 Å². The Labute approximate surface area is 67.7 Å². The summed E-state index contributed by atoms with van der Waals surface area (Å²) in [6.45, 7) is 5.28. The largest absolute Gasteiger partial charge is 1.00 e. The van der Waals surface area contributed by atoms with Crippen molar-refractivity contribution < 1.29 is 40.9 Å². The Morgan fingerprint density at radius 2 is 0.889 bits per heavy atom. The van der Waals surface area contributed by atoms with Gasteiger partial charge in [-0.3, -0.25) is 0 Å². The summed E-state index contributed by atoms with van der Waals surface area (Å²) in [5.41, 5.74) is 0. The maximum Gasteiger partial charge on any atom is 0.125 e. The third-order valence-corrected chi connectivity index (χ3v) is 1.15. The minimum absolute atomic E-state index is 0. The van der Waals surface area contributed by atoms with Crippen molar-refractivity contribution in [3.05, 3.63) is 0 Å². The van der Waals surface area contributed by atoms with Gasteiger partial charge < -0.3 is 40.9 Å². The first-order chi connectivity index (χ1) is 3.00. The van der Waals surface area contributed by atoms with E-state index in [1.54, 1.807) is 0 Å². The number of quaternary nitrogens is 2. The summed E-state index contributed by atoms with van der Waals surface area (Å²) >= 11 is 0. The van der Waals surface area contributed by atoms with Crippen molar-refractivity contribution in [1.82, 2.24) is 0 Å². The molecule has 0 aromatic heterocycles.